The summed E-state index contributed by atoms with van der Waals surface area (Å²) < 4.78 is 5.11. The zero-order valence-corrected chi connectivity index (χ0v) is 16.9. The molecule has 2 bridgehead atoms. The normalized spacial score (nSPS) is 28.4. The minimum atomic E-state index is -1.02. The van der Waals surface area contributed by atoms with E-state index in [0.717, 1.165) is 35.3 Å². The molecule has 7 heteroatoms. The van der Waals surface area contributed by atoms with Crippen molar-refractivity contribution in [2.24, 2.45) is 23.7 Å². The summed E-state index contributed by atoms with van der Waals surface area (Å²) in [4.78, 5) is 51.3. The molecule has 1 heterocycles. The number of rotatable bonds is 5. The van der Waals surface area contributed by atoms with Crippen LogP contribution in [0.15, 0.2) is 18.2 Å². The van der Waals surface area contributed by atoms with Gasteiger partial charge in [0.1, 0.15) is 6.04 Å². The van der Waals surface area contributed by atoms with Crippen LogP contribution in [0.1, 0.15) is 37.3 Å². The first-order valence-electron chi connectivity index (χ1n) is 10.2. The van der Waals surface area contributed by atoms with Gasteiger partial charge in [-0.1, -0.05) is 12.1 Å². The number of carbonyl (C=O) groups is 4. The molecule has 0 radical (unpaired) electrons. The lowest BCUT2D eigenvalue weighted by Gasteiger charge is -2.23. The lowest BCUT2D eigenvalue weighted by Crippen LogP contribution is -2.45. The smallest absolute Gasteiger partial charge is 0.329 e. The first kappa shape index (κ1) is 19.6. The molecule has 1 aliphatic heterocycles. The average Bonchev–Trinajstić information content (AvgIpc) is 3.37. The quantitative estimate of drug-likeness (QED) is 0.606. The van der Waals surface area contributed by atoms with Crippen LogP contribution in [0.5, 0.6) is 0 Å². The molecule has 29 heavy (non-hydrogen) atoms. The number of hydrogen-bond acceptors (Lipinski definition) is 5. The van der Waals surface area contributed by atoms with Gasteiger partial charge in [0, 0.05) is 5.69 Å². The fourth-order valence-electron chi connectivity index (χ4n) is 5.25. The van der Waals surface area contributed by atoms with Gasteiger partial charge in [0.15, 0.2) is 6.61 Å². The molecule has 1 saturated heterocycles. The summed E-state index contributed by atoms with van der Waals surface area (Å²) in [5.41, 5.74) is 2.64. The molecule has 7 nitrogen and oxygen atoms in total. The largest absolute Gasteiger partial charge is 0.454 e. The maximum absolute atomic E-state index is 12.8. The minimum absolute atomic E-state index is 0.253. The van der Waals surface area contributed by atoms with Crippen molar-refractivity contribution in [1.82, 2.24) is 4.90 Å². The number of hydrogen-bond donors (Lipinski definition) is 1. The molecule has 3 fully saturated rings. The van der Waals surface area contributed by atoms with Gasteiger partial charge < -0.3 is 10.1 Å². The van der Waals surface area contributed by atoms with Gasteiger partial charge in [0.05, 0.1) is 11.8 Å². The Kier molecular flexibility index (Phi) is 4.92. The molecule has 5 atom stereocenters. The van der Waals surface area contributed by atoms with E-state index in [1.807, 2.05) is 26.0 Å². The molecule has 0 unspecified atom stereocenters. The monoisotopic (exact) mass is 398 g/mol. The fraction of sp³-hybridized carbons (Fsp3) is 0.545. The van der Waals surface area contributed by atoms with E-state index in [1.165, 1.54) is 6.92 Å². The summed E-state index contributed by atoms with van der Waals surface area (Å²) in [5, 5.41) is 2.72. The Morgan fingerprint density at radius 2 is 1.76 bits per heavy atom. The molecule has 0 spiro atoms. The average molecular weight is 398 g/mol. The van der Waals surface area contributed by atoms with Crippen LogP contribution in [0.2, 0.25) is 0 Å². The van der Waals surface area contributed by atoms with Gasteiger partial charge in [-0.05, 0) is 69.1 Å². The van der Waals surface area contributed by atoms with E-state index in [-0.39, 0.29) is 35.5 Å². The van der Waals surface area contributed by atoms with Gasteiger partial charge in [-0.3, -0.25) is 19.3 Å². The third-order valence-corrected chi connectivity index (χ3v) is 6.91. The maximum atomic E-state index is 12.8. The zero-order chi connectivity index (χ0) is 20.9. The number of nitrogens with one attached hydrogen (secondary N) is 1. The standard InChI is InChI=1S/C22H26N2O5/c1-11-5-4-6-16(12(11)2)23-17(25)10-29-22(28)13(3)24-20(26)18-14-7-8-15(9-14)19(18)21(24)27/h4-6,13-15,18-19H,7-10H2,1-3H3,(H,23,25)/t13-,14-,15+,18-,19-/m0/s1. The van der Waals surface area contributed by atoms with E-state index in [4.69, 9.17) is 4.74 Å². The summed E-state index contributed by atoms with van der Waals surface area (Å²) in [5.74, 6) is -1.74. The molecule has 0 aromatic heterocycles. The second kappa shape index (κ2) is 7.28. The molecular formula is C22H26N2O5. The van der Waals surface area contributed by atoms with E-state index in [0.29, 0.717) is 5.69 Å². The van der Waals surface area contributed by atoms with Crippen molar-refractivity contribution < 1.29 is 23.9 Å². The summed E-state index contributed by atoms with van der Waals surface area (Å²) in [6, 6.07) is 4.53. The highest BCUT2D eigenvalue weighted by molar-refractivity contribution is 6.08. The Morgan fingerprint density at radius 1 is 1.14 bits per heavy atom. The van der Waals surface area contributed by atoms with Crippen molar-refractivity contribution in [3.8, 4) is 0 Å². The van der Waals surface area contributed by atoms with Crippen LogP contribution in [-0.4, -0.2) is 41.2 Å². The number of aryl methyl sites for hydroxylation is 1. The summed E-state index contributed by atoms with van der Waals surface area (Å²) in [6.45, 7) is 4.86. The predicted molar refractivity (Wildman–Crippen MR) is 105 cm³/mol. The van der Waals surface area contributed by atoms with Gasteiger partial charge >= 0.3 is 5.97 Å². The SMILES string of the molecule is Cc1cccc(NC(=O)COC(=O)[C@H](C)N2C(=O)[C@H]3[C@@H]4CC[C@@H](C4)[C@@H]3C2=O)c1C. The van der Waals surface area contributed by atoms with Crippen LogP contribution in [0.4, 0.5) is 5.69 Å². The molecule has 2 saturated carbocycles. The van der Waals surface area contributed by atoms with Crippen molar-refractivity contribution in [2.75, 3.05) is 11.9 Å². The van der Waals surface area contributed by atoms with Crippen LogP contribution in [0.3, 0.4) is 0 Å². The van der Waals surface area contributed by atoms with Gasteiger partial charge in [-0.25, -0.2) is 4.79 Å². The molecule has 3 amide bonds. The van der Waals surface area contributed by atoms with Crippen molar-refractivity contribution in [1.29, 1.82) is 0 Å². The van der Waals surface area contributed by atoms with E-state index < -0.39 is 24.5 Å². The van der Waals surface area contributed by atoms with E-state index >= 15 is 0 Å². The van der Waals surface area contributed by atoms with Crippen LogP contribution >= 0.6 is 0 Å². The van der Waals surface area contributed by atoms with Crippen molar-refractivity contribution in [3.63, 3.8) is 0 Å². The van der Waals surface area contributed by atoms with Crippen molar-refractivity contribution in [3.05, 3.63) is 29.3 Å². The Balaban J connectivity index is 1.35. The summed E-state index contributed by atoms with van der Waals surface area (Å²) in [7, 11) is 0. The van der Waals surface area contributed by atoms with E-state index in [1.54, 1.807) is 6.07 Å². The number of anilines is 1. The number of carbonyl (C=O) groups excluding carboxylic acids is 4. The number of nitrogens with zero attached hydrogens (tertiary/aromatic N) is 1. The first-order valence-corrected chi connectivity index (χ1v) is 10.2. The molecule has 1 N–H and O–H groups in total. The third kappa shape index (κ3) is 3.22. The van der Waals surface area contributed by atoms with Gasteiger partial charge in [0.2, 0.25) is 11.8 Å². The topological polar surface area (TPSA) is 92.8 Å². The van der Waals surface area contributed by atoms with E-state index in [2.05, 4.69) is 5.32 Å². The van der Waals surface area contributed by atoms with Crippen LogP contribution < -0.4 is 5.32 Å². The number of ether oxygens (including phenoxy) is 1. The molecule has 3 aliphatic rings. The number of likely N-dealkylation sites (tertiary alicyclic amines) is 1. The Hall–Kier alpha value is -2.70. The molecule has 1 aromatic rings. The second-order valence-corrected chi connectivity index (χ2v) is 8.51. The zero-order valence-electron chi connectivity index (χ0n) is 16.9. The molecule has 2 aliphatic carbocycles. The van der Waals surface area contributed by atoms with Gasteiger partial charge in [-0.2, -0.15) is 0 Å². The second-order valence-electron chi connectivity index (χ2n) is 8.51. The third-order valence-electron chi connectivity index (χ3n) is 6.91. The number of esters is 1. The molecule has 4 rings (SSSR count). The fourth-order valence-corrected chi connectivity index (χ4v) is 5.25. The Labute approximate surface area is 169 Å². The van der Waals surface area contributed by atoms with Crippen molar-refractivity contribution >= 4 is 29.4 Å². The summed E-state index contributed by atoms with van der Waals surface area (Å²) in [6.07, 6.45) is 2.91. The van der Waals surface area contributed by atoms with Gasteiger partial charge in [-0.15, -0.1) is 0 Å². The molecular weight excluding hydrogens is 372 g/mol. The first-order chi connectivity index (χ1) is 13.8. The van der Waals surface area contributed by atoms with Crippen LogP contribution in [0.25, 0.3) is 0 Å². The molecule has 154 valence electrons. The lowest BCUT2D eigenvalue weighted by molar-refractivity contribution is -0.159. The predicted octanol–water partition coefficient (Wildman–Crippen LogP) is 2.20. The number of amides is 3. The number of benzene rings is 1. The summed E-state index contributed by atoms with van der Waals surface area (Å²) >= 11 is 0. The van der Waals surface area contributed by atoms with E-state index in [9.17, 15) is 19.2 Å². The highest BCUT2D eigenvalue weighted by Crippen LogP contribution is 2.56. The highest BCUT2D eigenvalue weighted by atomic mass is 16.5. The number of imide groups is 1. The Bertz CT molecular complexity index is 867. The Morgan fingerprint density at radius 3 is 2.38 bits per heavy atom. The van der Waals surface area contributed by atoms with Crippen molar-refractivity contribution in [2.45, 2.75) is 46.1 Å². The minimum Gasteiger partial charge on any atom is -0.454 e. The van der Waals surface area contributed by atoms with Crippen LogP contribution in [-0.2, 0) is 23.9 Å². The van der Waals surface area contributed by atoms with Crippen LogP contribution in [0, 0.1) is 37.5 Å². The highest BCUT2D eigenvalue weighted by Gasteiger charge is 2.62. The maximum Gasteiger partial charge on any atom is 0.329 e. The van der Waals surface area contributed by atoms with Gasteiger partial charge in [0.25, 0.3) is 5.91 Å². The number of fused-ring (bicyclic) bond motifs is 5. The lowest BCUT2D eigenvalue weighted by atomic mass is 9.81. The molecule has 1 aromatic carbocycles.